The molecule has 0 aromatic carbocycles. The van der Waals surface area contributed by atoms with Gasteiger partial charge in [-0.3, -0.25) is 9.78 Å². The normalized spacial score (nSPS) is 28.1. The van der Waals surface area contributed by atoms with Crippen molar-refractivity contribution in [1.82, 2.24) is 4.98 Å². The highest BCUT2D eigenvalue weighted by molar-refractivity contribution is 9.10. The van der Waals surface area contributed by atoms with Crippen LogP contribution in [0.15, 0.2) is 22.9 Å². The van der Waals surface area contributed by atoms with E-state index >= 15 is 0 Å². The van der Waals surface area contributed by atoms with Crippen LogP contribution in [-0.2, 0) is 9.53 Å². The van der Waals surface area contributed by atoms with Crippen molar-refractivity contribution >= 4 is 27.5 Å². The Morgan fingerprint density at radius 1 is 1.59 bits per heavy atom. The number of hydrogen-bond donors (Lipinski definition) is 1. The molecule has 0 radical (unpaired) electrons. The number of nitrogens with one attached hydrogen (secondary N) is 1. The Bertz CT molecular complexity index is 425. The number of aromatic nitrogens is 1. The summed E-state index contributed by atoms with van der Waals surface area (Å²) in [5.41, 5.74) is 0.723. The van der Waals surface area contributed by atoms with Crippen LogP contribution in [0, 0.1) is 5.92 Å². The molecule has 5 heteroatoms. The average molecular weight is 299 g/mol. The third-order valence-corrected chi connectivity index (χ3v) is 3.52. The fourth-order valence-electron chi connectivity index (χ4n) is 2.09. The van der Waals surface area contributed by atoms with Gasteiger partial charge < -0.3 is 10.1 Å². The second-order valence-corrected chi connectivity index (χ2v) is 5.28. The molecule has 2 rings (SSSR count). The molecule has 17 heavy (non-hydrogen) atoms. The quantitative estimate of drug-likeness (QED) is 0.913. The summed E-state index contributed by atoms with van der Waals surface area (Å²) in [6, 6.07) is 1.75. The van der Waals surface area contributed by atoms with Gasteiger partial charge in [-0.1, -0.05) is 6.92 Å². The van der Waals surface area contributed by atoms with E-state index in [4.69, 9.17) is 4.74 Å². The summed E-state index contributed by atoms with van der Waals surface area (Å²) in [5, 5.41) is 2.85. The lowest BCUT2D eigenvalue weighted by molar-refractivity contribution is -0.127. The lowest BCUT2D eigenvalue weighted by Crippen LogP contribution is -2.31. The number of carbonyl (C=O) groups excluding carboxylic acids is 1. The molecule has 1 aromatic heterocycles. The second kappa shape index (κ2) is 5.14. The zero-order valence-corrected chi connectivity index (χ0v) is 11.4. The Hall–Kier alpha value is -0.940. The maximum atomic E-state index is 12.0. The van der Waals surface area contributed by atoms with Crippen molar-refractivity contribution in [3.05, 3.63) is 22.9 Å². The van der Waals surface area contributed by atoms with E-state index in [0.717, 1.165) is 16.6 Å². The molecule has 92 valence electrons. The maximum absolute atomic E-state index is 12.0. The smallest absolute Gasteiger partial charge is 0.253 e. The lowest BCUT2D eigenvalue weighted by Gasteiger charge is -2.15. The number of rotatable bonds is 2. The van der Waals surface area contributed by atoms with Gasteiger partial charge in [-0.25, -0.2) is 0 Å². The Morgan fingerprint density at radius 3 is 2.94 bits per heavy atom. The first-order valence-corrected chi connectivity index (χ1v) is 6.43. The van der Waals surface area contributed by atoms with Gasteiger partial charge in [-0.2, -0.15) is 0 Å². The molecule has 1 aromatic rings. The van der Waals surface area contributed by atoms with E-state index in [2.05, 4.69) is 26.2 Å². The number of hydrogen-bond acceptors (Lipinski definition) is 3. The first kappa shape index (κ1) is 12.5. The summed E-state index contributed by atoms with van der Waals surface area (Å²) in [6.45, 7) is 4.03. The molecular formula is C12H15BrN2O2. The standard InChI is InChI=1S/C12H15BrN2O2/c1-7-5-8(2)17-11(7)12(16)15-10-3-4-14-6-9(10)13/h3-4,6-8,11H,5H2,1-2H3,(H,14,15,16). The van der Waals surface area contributed by atoms with Gasteiger partial charge >= 0.3 is 0 Å². The number of amides is 1. The highest BCUT2D eigenvalue weighted by Crippen LogP contribution is 2.28. The lowest BCUT2D eigenvalue weighted by atomic mass is 10.0. The van der Waals surface area contributed by atoms with Gasteiger partial charge in [-0.05, 0) is 41.3 Å². The molecule has 2 heterocycles. The number of anilines is 1. The van der Waals surface area contributed by atoms with E-state index in [1.807, 2.05) is 13.8 Å². The van der Waals surface area contributed by atoms with E-state index in [9.17, 15) is 4.79 Å². The molecule has 1 saturated heterocycles. The summed E-state index contributed by atoms with van der Waals surface area (Å²) in [5.74, 6) is 0.166. The van der Waals surface area contributed by atoms with Crippen LogP contribution in [0.5, 0.6) is 0 Å². The van der Waals surface area contributed by atoms with Crippen molar-refractivity contribution in [1.29, 1.82) is 0 Å². The van der Waals surface area contributed by atoms with Gasteiger partial charge in [0.15, 0.2) is 0 Å². The molecular weight excluding hydrogens is 284 g/mol. The Kier molecular flexibility index (Phi) is 3.79. The first-order chi connectivity index (χ1) is 8.08. The van der Waals surface area contributed by atoms with Crippen molar-refractivity contribution in [2.75, 3.05) is 5.32 Å². The molecule has 1 N–H and O–H groups in total. The zero-order chi connectivity index (χ0) is 12.4. The van der Waals surface area contributed by atoms with E-state index in [1.165, 1.54) is 0 Å². The molecule has 3 atom stereocenters. The van der Waals surface area contributed by atoms with Crippen LogP contribution in [0.4, 0.5) is 5.69 Å². The summed E-state index contributed by atoms with van der Waals surface area (Å²) in [6.07, 6.45) is 4.01. The number of halogens is 1. The van der Waals surface area contributed by atoms with Crippen LogP contribution in [0.25, 0.3) is 0 Å². The van der Waals surface area contributed by atoms with E-state index in [0.29, 0.717) is 0 Å². The maximum Gasteiger partial charge on any atom is 0.253 e. The number of pyridine rings is 1. The molecule has 3 unspecified atom stereocenters. The van der Waals surface area contributed by atoms with Crippen LogP contribution >= 0.6 is 15.9 Å². The van der Waals surface area contributed by atoms with Crippen LogP contribution in [-0.4, -0.2) is 23.1 Å². The number of carbonyl (C=O) groups is 1. The zero-order valence-electron chi connectivity index (χ0n) is 9.81. The highest BCUT2D eigenvalue weighted by Gasteiger charge is 2.35. The Morgan fingerprint density at radius 2 is 2.35 bits per heavy atom. The van der Waals surface area contributed by atoms with Crippen molar-refractivity contribution in [3.8, 4) is 0 Å². The molecule has 0 saturated carbocycles. The topological polar surface area (TPSA) is 51.2 Å². The predicted octanol–water partition coefficient (Wildman–Crippen LogP) is 2.60. The van der Waals surface area contributed by atoms with Crippen molar-refractivity contribution in [3.63, 3.8) is 0 Å². The largest absolute Gasteiger partial charge is 0.365 e. The summed E-state index contributed by atoms with van der Waals surface area (Å²) in [4.78, 5) is 16.0. The van der Waals surface area contributed by atoms with Crippen LogP contribution in [0.1, 0.15) is 20.3 Å². The first-order valence-electron chi connectivity index (χ1n) is 5.63. The minimum Gasteiger partial charge on any atom is -0.365 e. The monoisotopic (exact) mass is 298 g/mol. The number of nitrogens with zero attached hydrogens (tertiary/aromatic N) is 1. The summed E-state index contributed by atoms with van der Waals surface area (Å²) in [7, 11) is 0. The molecule has 0 aliphatic carbocycles. The minimum absolute atomic E-state index is 0.0891. The fraction of sp³-hybridized carbons (Fsp3) is 0.500. The van der Waals surface area contributed by atoms with Crippen LogP contribution in [0.2, 0.25) is 0 Å². The third kappa shape index (κ3) is 2.84. The highest BCUT2D eigenvalue weighted by atomic mass is 79.9. The van der Waals surface area contributed by atoms with E-state index < -0.39 is 0 Å². The van der Waals surface area contributed by atoms with E-state index in [1.54, 1.807) is 18.5 Å². The Labute approximate surface area is 109 Å². The van der Waals surface area contributed by atoms with Crippen LogP contribution < -0.4 is 5.32 Å². The molecule has 1 amide bonds. The van der Waals surface area contributed by atoms with Gasteiger partial charge in [0.2, 0.25) is 0 Å². The van der Waals surface area contributed by atoms with Crippen molar-refractivity contribution < 1.29 is 9.53 Å². The summed E-state index contributed by atoms with van der Waals surface area (Å²) >= 11 is 3.34. The van der Waals surface area contributed by atoms with Gasteiger partial charge in [-0.15, -0.1) is 0 Å². The molecule has 0 bridgehead atoms. The van der Waals surface area contributed by atoms with Gasteiger partial charge in [0, 0.05) is 12.4 Å². The second-order valence-electron chi connectivity index (χ2n) is 4.43. The molecule has 1 aliphatic heterocycles. The van der Waals surface area contributed by atoms with Gasteiger partial charge in [0.25, 0.3) is 5.91 Å². The average Bonchev–Trinajstić information content (AvgIpc) is 2.61. The minimum atomic E-state index is -0.356. The van der Waals surface area contributed by atoms with Gasteiger partial charge in [0.1, 0.15) is 6.10 Å². The molecule has 1 fully saturated rings. The fourth-order valence-corrected chi connectivity index (χ4v) is 2.44. The van der Waals surface area contributed by atoms with Crippen molar-refractivity contribution in [2.24, 2.45) is 5.92 Å². The molecule has 4 nitrogen and oxygen atoms in total. The number of ether oxygens (including phenoxy) is 1. The van der Waals surface area contributed by atoms with E-state index in [-0.39, 0.29) is 24.0 Å². The third-order valence-electron chi connectivity index (χ3n) is 2.89. The SMILES string of the molecule is CC1CC(C)C(C(=O)Nc2ccncc2Br)O1. The summed E-state index contributed by atoms with van der Waals surface area (Å²) < 4.78 is 6.37. The van der Waals surface area contributed by atoms with Gasteiger partial charge in [0.05, 0.1) is 16.3 Å². The van der Waals surface area contributed by atoms with Crippen molar-refractivity contribution in [2.45, 2.75) is 32.5 Å². The predicted molar refractivity (Wildman–Crippen MR) is 68.7 cm³/mol. The Balaban J connectivity index is 2.05. The molecule has 0 spiro atoms. The van der Waals surface area contributed by atoms with Crippen LogP contribution in [0.3, 0.4) is 0 Å². The molecule has 1 aliphatic rings.